The Labute approximate surface area is 129 Å². The summed E-state index contributed by atoms with van der Waals surface area (Å²) >= 11 is 0.589. The Morgan fingerprint density at radius 2 is 1.73 bits per heavy atom. The molecule has 1 N–H and O–H groups in total. The zero-order valence-corrected chi connectivity index (χ0v) is 12.6. The standard InChI is InChI=1S/C14H15F5O2S/c1-3-21-12(13(15,16)14(17,18)19)11(22-2)10(20)9-7-5-4-6-8-9/h4-8,10,20H,3H2,1-2H3/b12-11+. The molecule has 8 heteroatoms. The minimum absolute atomic E-state index is 0.196. The van der Waals surface area contributed by atoms with E-state index in [1.165, 1.54) is 25.3 Å². The summed E-state index contributed by atoms with van der Waals surface area (Å²) in [6.07, 6.45) is -6.15. The molecule has 22 heavy (non-hydrogen) atoms. The van der Waals surface area contributed by atoms with Crippen LogP contribution in [0.2, 0.25) is 0 Å². The van der Waals surface area contributed by atoms with Crippen LogP contribution in [0.4, 0.5) is 22.0 Å². The van der Waals surface area contributed by atoms with E-state index in [1.54, 1.807) is 18.2 Å². The summed E-state index contributed by atoms with van der Waals surface area (Å²) in [5.41, 5.74) is 0.196. The average Bonchev–Trinajstić information content (AvgIpc) is 2.46. The van der Waals surface area contributed by atoms with Crippen molar-refractivity contribution in [2.45, 2.75) is 25.1 Å². The number of halogens is 5. The van der Waals surface area contributed by atoms with Crippen LogP contribution in [0.15, 0.2) is 41.0 Å². The maximum absolute atomic E-state index is 13.7. The van der Waals surface area contributed by atoms with Crippen LogP contribution in [0.1, 0.15) is 18.6 Å². The van der Waals surface area contributed by atoms with E-state index in [9.17, 15) is 27.1 Å². The third-order valence-corrected chi connectivity index (χ3v) is 3.59. The first-order valence-corrected chi connectivity index (χ1v) is 7.48. The molecule has 2 nitrogen and oxygen atoms in total. The van der Waals surface area contributed by atoms with Gasteiger partial charge in [-0.1, -0.05) is 30.3 Å². The van der Waals surface area contributed by atoms with Crippen molar-refractivity contribution >= 4 is 11.8 Å². The van der Waals surface area contributed by atoms with Crippen LogP contribution >= 0.6 is 11.8 Å². The van der Waals surface area contributed by atoms with Crippen molar-refractivity contribution < 1.29 is 31.8 Å². The molecule has 0 heterocycles. The van der Waals surface area contributed by atoms with E-state index in [4.69, 9.17) is 0 Å². The van der Waals surface area contributed by atoms with E-state index >= 15 is 0 Å². The van der Waals surface area contributed by atoms with Gasteiger partial charge < -0.3 is 9.84 Å². The highest BCUT2D eigenvalue weighted by Gasteiger charge is 2.62. The van der Waals surface area contributed by atoms with Gasteiger partial charge in [0.2, 0.25) is 0 Å². The summed E-state index contributed by atoms with van der Waals surface area (Å²) in [6.45, 7) is 0.909. The molecule has 0 radical (unpaired) electrons. The highest BCUT2D eigenvalue weighted by atomic mass is 32.2. The number of benzene rings is 1. The molecule has 1 rings (SSSR count). The molecule has 1 aromatic carbocycles. The number of aliphatic hydroxyl groups excluding tert-OH is 1. The molecular weight excluding hydrogens is 327 g/mol. The molecule has 0 spiro atoms. The Morgan fingerprint density at radius 1 is 1.18 bits per heavy atom. The molecule has 0 fully saturated rings. The van der Waals surface area contributed by atoms with Crippen molar-refractivity contribution in [3.05, 3.63) is 46.6 Å². The second-order valence-electron chi connectivity index (χ2n) is 4.22. The molecule has 0 saturated heterocycles. The Balaban J connectivity index is 3.41. The lowest BCUT2D eigenvalue weighted by Crippen LogP contribution is -2.40. The van der Waals surface area contributed by atoms with Gasteiger partial charge in [0, 0.05) is 0 Å². The number of allylic oxidation sites excluding steroid dienone is 1. The molecule has 0 bridgehead atoms. The third kappa shape index (κ3) is 3.92. The zero-order chi connectivity index (χ0) is 17.0. The largest absolute Gasteiger partial charge is 0.491 e. The molecule has 0 aromatic heterocycles. The summed E-state index contributed by atoms with van der Waals surface area (Å²) < 4.78 is 69.7. The predicted octanol–water partition coefficient (Wildman–Crippen LogP) is 4.53. The van der Waals surface area contributed by atoms with Crippen molar-refractivity contribution in [2.24, 2.45) is 0 Å². The van der Waals surface area contributed by atoms with Crippen molar-refractivity contribution in [1.82, 2.24) is 0 Å². The minimum Gasteiger partial charge on any atom is -0.491 e. The molecule has 0 aliphatic rings. The molecular formula is C14H15F5O2S. The van der Waals surface area contributed by atoms with Crippen LogP contribution < -0.4 is 0 Å². The van der Waals surface area contributed by atoms with Gasteiger partial charge in [0.25, 0.3) is 0 Å². The molecule has 1 unspecified atom stereocenters. The van der Waals surface area contributed by atoms with Crippen LogP contribution in [0.25, 0.3) is 0 Å². The SMILES string of the molecule is CCO/C(=C(/SC)C(O)c1ccccc1)C(F)(F)C(F)(F)F. The Hall–Kier alpha value is -1.28. The van der Waals surface area contributed by atoms with Gasteiger partial charge in [-0.25, -0.2) is 0 Å². The molecule has 1 aromatic rings. The monoisotopic (exact) mass is 342 g/mol. The van der Waals surface area contributed by atoms with Gasteiger partial charge in [0.05, 0.1) is 11.5 Å². The fourth-order valence-corrected chi connectivity index (χ4v) is 2.44. The van der Waals surface area contributed by atoms with Crippen LogP contribution in [0.3, 0.4) is 0 Å². The Kier molecular flexibility index (Phi) is 6.25. The normalized spacial score (nSPS) is 15.3. The Morgan fingerprint density at radius 3 is 2.14 bits per heavy atom. The molecule has 124 valence electrons. The van der Waals surface area contributed by atoms with Crippen molar-refractivity contribution in [3.63, 3.8) is 0 Å². The Bertz CT molecular complexity index is 514. The minimum atomic E-state index is -5.81. The number of rotatable bonds is 6. The fourth-order valence-electron chi connectivity index (χ4n) is 1.70. The maximum Gasteiger partial charge on any atom is 0.461 e. The quantitative estimate of drug-likeness (QED) is 0.608. The second-order valence-corrected chi connectivity index (χ2v) is 5.06. The van der Waals surface area contributed by atoms with E-state index in [-0.39, 0.29) is 12.2 Å². The first-order chi connectivity index (χ1) is 10.2. The number of thioether (sulfide) groups is 1. The first kappa shape index (κ1) is 18.8. The molecule has 0 aliphatic carbocycles. The van der Waals surface area contributed by atoms with Crippen molar-refractivity contribution in [2.75, 3.05) is 12.9 Å². The summed E-state index contributed by atoms with van der Waals surface area (Å²) in [7, 11) is 0. The molecule has 0 saturated carbocycles. The zero-order valence-electron chi connectivity index (χ0n) is 11.8. The summed E-state index contributed by atoms with van der Waals surface area (Å²) in [6, 6.07) is 7.57. The lowest BCUT2D eigenvalue weighted by atomic mass is 10.1. The number of aliphatic hydroxyl groups is 1. The lowest BCUT2D eigenvalue weighted by molar-refractivity contribution is -0.277. The van der Waals surface area contributed by atoms with Gasteiger partial charge in [-0.15, -0.1) is 11.8 Å². The number of hydrogen-bond donors (Lipinski definition) is 1. The average molecular weight is 342 g/mol. The van der Waals surface area contributed by atoms with Gasteiger partial charge in [-0.05, 0) is 18.7 Å². The lowest BCUT2D eigenvalue weighted by Gasteiger charge is -2.26. The fraction of sp³-hybridized carbons (Fsp3) is 0.429. The van der Waals surface area contributed by atoms with E-state index in [0.717, 1.165) is 0 Å². The highest BCUT2D eigenvalue weighted by Crippen LogP contribution is 2.46. The summed E-state index contributed by atoms with van der Waals surface area (Å²) in [5.74, 6) is -6.75. The number of ether oxygens (including phenoxy) is 1. The van der Waals surface area contributed by atoms with Crippen molar-refractivity contribution in [3.8, 4) is 0 Å². The first-order valence-electron chi connectivity index (χ1n) is 6.25. The molecule has 0 aliphatic heterocycles. The highest BCUT2D eigenvalue weighted by molar-refractivity contribution is 8.02. The van der Waals surface area contributed by atoms with Crippen LogP contribution in [0, 0.1) is 0 Å². The van der Waals surface area contributed by atoms with Gasteiger partial charge >= 0.3 is 12.1 Å². The molecule has 1 atom stereocenters. The molecule has 0 amide bonds. The smallest absolute Gasteiger partial charge is 0.461 e. The predicted molar refractivity (Wildman–Crippen MR) is 74.6 cm³/mol. The van der Waals surface area contributed by atoms with Crippen molar-refractivity contribution in [1.29, 1.82) is 0 Å². The van der Waals surface area contributed by atoms with E-state index in [1.807, 2.05) is 0 Å². The topological polar surface area (TPSA) is 29.5 Å². The van der Waals surface area contributed by atoms with Gasteiger partial charge in [0.1, 0.15) is 6.10 Å². The van der Waals surface area contributed by atoms with Gasteiger partial charge in [-0.3, -0.25) is 0 Å². The van der Waals surface area contributed by atoms with Crippen LogP contribution in [-0.4, -0.2) is 30.1 Å². The summed E-state index contributed by atoms with van der Waals surface area (Å²) in [4.78, 5) is -0.574. The summed E-state index contributed by atoms with van der Waals surface area (Å²) in [5, 5.41) is 10.1. The van der Waals surface area contributed by atoms with Crippen LogP contribution in [-0.2, 0) is 4.74 Å². The number of alkyl halides is 5. The third-order valence-electron chi connectivity index (χ3n) is 2.74. The number of hydrogen-bond acceptors (Lipinski definition) is 3. The van der Waals surface area contributed by atoms with Gasteiger partial charge in [-0.2, -0.15) is 22.0 Å². The van der Waals surface area contributed by atoms with E-state index in [2.05, 4.69) is 4.74 Å². The van der Waals surface area contributed by atoms with Gasteiger partial charge in [0.15, 0.2) is 5.76 Å². The van der Waals surface area contributed by atoms with E-state index < -0.39 is 28.9 Å². The van der Waals surface area contributed by atoms with E-state index in [0.29, 0.717) is 11.8 Å². The second kappa shape index (κ2) is 7.32. The van der Waals surface area contributed by atoms with Crippen LogP contribution in [0.5, 0.6) is 0 Å². The maximum atomic E-state index is 13.7.